The van der Waals surface area contributed by atoms with Crippen LogP contribution < -0.4 is 9.47 Å². The Balaban J connectivity index is 2.30. The molecular formula is C15H19O9P. The van der Waals surface area contributed by atoms with E-state index in [1.165, 1.54) is 0 Å². The first-order valence-electron chi connectivity index (χ1n) is 7.23. The Bertz CT molecular complexity index is 638. The van der Waals surface area contributed by atoms with E-state index in [1.54, 1.807) is 24.3 Å². The van der Waals surface area contributed by atoms with Crippen LogP contribution in [0.1, 0.15) is 12.8 Å². The molecule has 10 heteroatoms. The fourth-order valence-corrected chi connectivity index (χ4v) is 1.92. The van der Waals surface area contributed by atoms with Crippen molar-refractivity contribution in [2.45, 2.75) is 12.8 Å². The summed E-state index contributed by atoms with van der Waals surface area (Å²) in [6, 6.07) is 6.60. The maximum Gasteiger partial charge on any atom is 0.526 e. The van der Waals surface area contributed by atoms with Gasteiger partial charge in [-0.1, -0.05) is 12.6 Å². The van der Waals surface area contributed by atoms with Gasteiger partial charge in [-0.2, -0.15) is 0 Å². The third kappa shape index (κ3) is 10.2. The van der Waals surface area contributed by atoms with Crippen molar-refractivity contribution in [2.24, 2.45) is 0 Å². The fraction of sp³-hybridized carbons (Fsp3) is 0.333. The summed E-state index contributed by atoms with van der Waals surface area (Å²) in [6.45, 7) is 3.70. The second kappa shape index (κ2) is 10.5. The van der Waals surface area contributed by atoms with Crippen LogP contribution in [0, 0.1) is 0 Å². The summed E-state index contributed by atoms with van der Waals surface area (Å²) in [5.74, 6) is -0.618. The van der Waals surface area contributed by atoms with Crippen LogP contribution in [0.15, 0.2) is 36.9 Å². The van der Waals surface area contributed by atoms with Gasteiger partial charge in [-0.05, 0) is 12.1 Å². The maximum atomic E-state index is 11.1. The monoisotopic (exact) mass is 374 g/mol. The second-order valence-corrected chi connectivity index (χ2v) is 5.76. The van der Waals surface area contributed by atoms with Gasteiger partial charge in [0.1, 0.15) is 11.5 Å². The SMILES string of the molecule is C=CC(=O)OCCCOc1cccc(OCCC(=O)OP(=O)(O)O)c1. The van der Waals surface area contributed by atoms with Gasteiger partial charge in [0.05, 0.1) is 26.2 Å². The smallest absolute Gasteiger partial charge is 0.493 e. The highest BCUT2D eigenvalue weighted by Gasteiger charge is 2.19. The van der Waals surface area contributed by atoms with Crippen molar-refractivity contribution in [3.05, 3.63) is 36.9 Å². The van der Waals surface area contributed by atoms with Gasteiger partial charge in [-0.3, -0.25) is 14.6 Å². The highest BCUT2D eigenvalue weighted by atomic mass is 31.2. The Morgan fingerprint density at radius 1 is 1.12 bits per heavy atom. The van der Waals surface area contributed by atoms with Crippen LogP contribution >= 0.6 is 7.82 Å². The van der Waals surface area contributed by atoms with Crippen molar-refractivity contribution in [3.63, 3.8) is 0 Å². The van der Waals surface area contributed by atoms with Crippen LogP contribution in [0.2, 0.25) is 0 Å². The predicted molar refractivity (Wildman–Crippen MR) is 86.0 cm³/mol. The van der Waals surface area contributed by atoms with Crippen LogP contribution in [-0.4, -0.2) is 41.5 Å². The molecule has 0 atom stereocenters. The Morgan fingerprint density at radius 2 is 1.76 bits per heavy atom. The average Bonchev–Trinajstić information content (AvgIpc) is 2.53. The zero-order valence-corrected chi connectivity index (χ0v) is 14.2. The molecule has 0 saturated heterocycles. The first-order valence-corrected chi connectivity index (χ1v) is 8.76. The molecule has 9 nitrogen and oxygen atoms in total. The lowest BCUT2D eigenvalue weighted by Gasteiger charge is -2.10. The molecule has 0 heterocycles. The van der Waals surface area contributed by atoms with E-state index >= 15 is 0 Å². The number of rotatable bonds is 11. The third-order valence-corrected chi connectivity index (χ3v) is 3.01. The van der Waals surface area contributed by atoms with E-state index in [2.05, 4.69) is 11.1 Å². The van der Waals surface area contributed by atoms with E-state index in [0.29, 0.717) is 24.5 Å². The molecule has 0 aliphatic heterocycles. The summed E-state index contributed by atoms with van der Waals surface area (Å²) < 4.78 is 29.9. The molecule has 25 heavy (non-hydrogen) atoms. The molecule has 0 aromatic heterocycles. The molecule has 0 aliphatic carbocycles. The van der Waals surface area contributed by atoms with Crippen LogP contribution in [0.25, 0.3) is 0 Å². The molecule has 0 spiro atoms. The molecule has 0 aliphatic rings. The molecule has 0 fully saturated rings. The van der Waals surface area contributed by atoms with Crippen molar-refractivity contribution in [1.82, 2.24) is 0 Å². The first-order chi connectivity index (χ1) is 11.8. The molecule has 2 N–H and O–H groups in total. The van der Waals surface area contributed by atoms with Crippen molar-refractivity contribution >= 4 is 19.8 Å². The average molecular weight is 374 g/mol. The standard InChI is InChI=1S/C15H19O9P/c1-2-14(16)23-9-4-8-21-12-5-3-6-13(11-12)22-10-7-15(17)24-25(18,19)20/h2-3,5-6,11H,1,4,7-10H2,(H2,18,19,20). The van der Waals surface area contributed by atoms with Gasteiger partial charge in [0.25, 0.3) is 0 Å². The Hall–Kier alpha value is -2.35. The van der Waals surface area contributed by atoms with Gasteiger partial charge in [0.2, 0.25) is 0 Å². The lowest BCUT2D eigenvalue weighted by atomic mass is 10.3. The van der Waals surface area contributed by atoms with E-state index in [4.69, 9.17) is 24.0 Å². The normalized spacial score (nSPS) is 10.6. The Kier molecular flexibility index (Phi) is 8.69. The van der Waals surface area contributed by atoms with Crippen LogP contribution in [-0.2, 0) is 23.4 Å². The van der Waals surface area contributed by atoms with E-state index in [9.17, 15) is 14.2 Å². The lowest BCUT2D eigenvalue weighted by Crippen LogP contribution is -2.09. The number of phosphoric acid groups is 1. The zero-order valence-electron chi connectivity index (χ0n) is 13.3. The quantitative estimate of drug-likeness (QED) is 0.257. The maximum absolute atomic E-state index is 11.1. The number of carbonyl (C=O) groups excluding carboxylic acids is 2. The molecule has 1 aromatic rings. The van der Waals surface area contributed by atoms with Crippen molar-refractivity contribution in [1.29, 1.82) is 0 Å². The number of benzene rings is 1. The zero-order chi connectivity index (χ0) is 18.7. The number of phosphoric ester groups is 1. The minimum Gasteiger partial charge on any atom is -0.493 e. The summed E-state index contributed by atoms with van der Waals surface area (Å²) in [5, 5.41) is 0. The van der Waals surface area contributed by atoms with Gasteiger partial charge in [-0.25, -0.2) is 9.36 Å². The van der Waals surface area contributed by atoms with Gasteiger partial charge in [0.15, 0.2) is 0 Å². The molecule has 138 valence electrons. The number of carbonyl (C=O) groups is 2. The second-order valence-electron chi connectivity index (χ2n) is 4.60. The van der Waals surface area contributed by atoms with Crippen molar-refractivity contribution < 1.29 is 42.7 Å². The predicted octanol–water partition coefficient (Wildman–Crippen LogP) is 1.59. The highest BCUT2D eigenvalue weighted by molar-refractivity contribution is 7.46. The fourth-order valence-electron chi connectivity index (χ4n) is 1.56. The summed E-state index contributed by atoms with van der Waals surface area (Å²) in [5.41, 5.74) is 0. The highest BCUT2D eigenvalue weighted by Crippen LogP contribution is 2.36. The van der Waals surface area contributed by atoms with E-state index in [-0.39, 0.29) is 19.6 Å². The van der Waals surface area contributed by atoms with Gasteiger partial charge >= 0.3 is 19.8 Å². The molecule has 0 radical (unpaired) electrons. The largest absolute Gasteiger partial charge is 0.526 e. The summed E-state index contributed by atoms with van der Waals surface area (Å²) >= 11 is 0. The lowest BCUT2D eigenvalue weighted by molar-refractivity contribution is -0.138. The minimum absolute atomic E-state index is 0.111. The molecular weight excluding hydrogens is 355 g/mol. The molecule has 0 bridgehead atoms. The topological polar surface area (TPSA) is 129 Å². The molecule has 0 unspecified atom stereocenters. The molecule has 1 aromatic carbocycles. The van der Waals surface area contributed by atoms with Crippen molar-refractivity contribution in [2.75, 3.05) is 19.8 Å². The molecule has 0 amide bonds. The van der Waals surface area contributed by atoms with E-state index in [1.807, 2.05) is 0 Å². The molecule has 1 rings (SSSR count). The van der Waals surface area contributed by atoms with Crippen molar-refractivity contribution in [3.8, 4) is 11.5 Å². The van der Waals surface area contributed by atoms with E-state index < -0.39 is 19.8 Å². The van der Waals surface area contributed by atoms with Crippen LogP contribution in [0.4, 0.5) is 0 Å². The minimum atomic E-state index is -4.83. The van der Waals surface area contributed by atoms with Gasteiger partial charge in [0, 0.05) is 18.6 Å². The number of ether oxygens (including phenoxy) is 3. The van der Waals surface area contributed by atoms with E-state index in [0.717, 1.165) is 6.08 Å². The summed E-state index contributed by atoms with van der Waals surface area (Å²) in [6.07, 6.45) is 1.26. The summed E-state index contributed by atoms with van der Waals surface area (Å²) in [7, 11) is -4.83. The number of esters is 1. The summed E-state index contributed by atoms with van der Waals surface area (Å²) in [4.78, 5) is 38.9. The van der Waals surface area contributed by atoms with Crippen LogP contribution in [0.5, 0.6) is 11.5 Å². The van der Waals surface area contributed by atoms with Gasteiger partial charge < -0.3 is 18.7 Å². The Morgan fingerprint density at radius 3 is 2.36 bits per heavy atom. The Labute approximate surface area is 144 Å². The van der Waals surface area contributed by atoms with Crippen LogP contribution in [0.3, 0.4) is 0 Å². The third-order valence-electron chi connectivity index (χ3n) is 2.57. The number of hydrogen-bond acceptors (Lipinski definition) is 7. The first kappa shape index (κ1) is 20.7. The van der Waals surface area contributed by atoms with Gasteiger partial charge in [-0.15, -0.1) is 0 Å². The number of hydrogen-bond donors (Lipinski definition) is 2. The molecule has 0 saturated carbocycles.